The molecular weight excluding hydrogens is 160 g/mol. The summed E-state index contributed by atoms with van der Waals surface area (Å²) < 4.78 is 0. The van der Waals surface area contributed by atoms with Crippen LogP contribution in [-0.4, -0.2) is 33.0 Å². The number of aliphatic hydroxyl groups is 2. The Labute approximate surface area is 70.1 Å². The quantitative estimate of drug-likeness (QED) is 0.477. The van der Waals surface area contributed by atoms with Crippen LogP contribution in [0.25, 0.3) is 0 Å². The van der Waals surface area contributed by atoms with Gasteiger partial charge in [-0.2, -0.15) is 0 Å². The van der Waals surface area contributed by atoms with Gasteiger partial charge in [0.2, 0.25) is 5.60 Å². The summed E-state index contributed by atoms with van der Waals surface area (Å²) >= 11 is 0. The standard InChI is InChI=1S/C8H12O4/c1-5-2-3-8(12,7(10)11)6(9)4-5/h2-3,5-6,9,12H,4H2,1H3,(H,10,11)/t5-,6-,8+/m1/s1. The normalized spacial score (nSPS) is 41.2. The Balaban J connectivity index is 2.91. The molecule has 0 fully saturated rings. The maximum Gasteiger partial charge on any atom is 0.342 e. The molecule has 3 atom stereocenters. The number of carbonyl (C=O) groups is 1. The fourth-order valence-corrected chi connectivity index (χ4v) is 1.25. The number of aliphatic carboxylic acids is 1. The van der Waals surface area contributed by atoms with Crippen molar-refractivity contribution >= 4 is 5.97 Å². The van der Waals surface area contributed by atoms with Gasteiger partial charge in [0.1, 0.15) is 0 Å². The lowest BCUT2D eigenvalue weighted by molar-refractivity contribution is -0.165. The largest absolute Gasteiger partial charge is 0.479 e. The molecule has 0 spiro atoms. The van der Waals surface area contributed by atoms with Crippen LogP contribution in [0.2, 0.25) is 0 Å². The first-order valence-corrected chi connectivity index (χ1v) is 3.80. The Hall–Kier alpha value is -0.870. The Morgan fingerprint density at radius 1 is 1.67 bits per heavy atom. The lowest BCUT2D eigenvalue weighted by Gasteiger charge is -2.30. The van der Waals surface area contributed by atoms with Crippen molar-refractivity contribution in [2.24, 2.45) is 5.92 Å². The third-order valence-corrected chi connectivity index (χ3v) is 2.12. The van der Waals surface area contributed by atoms with Crippen molar-refractivity contribution in [3.8, 4) is 0 Å². The summed E-state index contributed by atoms with van der Waals surface area (Å²) in [6.07, 6.45) is 1.81. The van der Waals surface area contributed by atoms with Gasteiger partial charge in [0.15, 0.2) is 0 Å². The molecule has 0 heterocycles. The second-order valence-corrected chi connectivity index (χ2v) is 3.22. The fourth-order valence-electron chi connectivity index (χ4n) is 1.25. The lowest BCUT2D eigenvalue weighted by Crippen LogP contribution is -2.50. The van der Waals surface area contributed by atoms with Crippen LogP contribution in [0, 0.1) is 5.92 Å². The number of hydrogen-bond donors (Lipinski definition) is 3. The molecule has 1 aliphatic carbocycles. The van der Waals surface area contributed by atoms with E-state index in [2.05, 4.69) is 0 Å². The Morgan fingerprint density at radius 3 is 2.67 bits per heavy atom. The predicted octanol–water partition coefficient (Wildman–Crippen LogP) is -0.241. The van der Waals surface area contributed by atoms with E-state index in [0.29, 0.717) is 0 Å². The zero-order valence-corrected chi connectivity index (χ0v) is 6.77. The molecule has 0 aromatic rings. The van der Waals surface area contributed by atoms with Crippen molar-refractivity contribution in [1.29, 1.82) is 0 Å². The van der Waals surface area contributed by atoms with Crippen molar-refractivity contribution in [2.75, 3.05) is 0 Å². The summed E-state index contributed by atoms with van der Waals surface area (Å²) in [6, 6.07) is 0. The first kappa shape index (κ1) is 9.22. The molecule has 12 heavy (non-hydrogen) atoms. The highest BCUT2D eigenvalue weighted by Gasteiger charge is 2.43. The number of hydrogen-bond acceptors (Lipinski definition) is 3. The van der Waals surface area contributed by atoms with E-state index in [0.717, 1.165) is 6.08 Å². The molecule has 68 valence electrons. The average Bonchev–Trinajstić information content (AvgIpc) is 1.97. The summed E-state index contributed by atoms with van der Waals surface area (Å²) in [4.78, 5) is 10.5. The van der Waals surface area contributed by atoms with E-state index in [1.807, 2.05) is 6.92 Å². The van der Waals surface area contributed by atoms with E-state index in [-0.39, 0.29) is 12.3 Å². The number of allylic oxidation sites excluding steroid dienone is 1. The van der Waals surface area contributed by atoms with Crippen LogP contribution in [0.15, 0.2) is 12.2 Å². The molecule has 1 rings (SSSR count). The highest BCUT2D eigenvalue weighted by molar-refractivity contribution is 5.80. The highest BCUT2D eigenvalue weighted by Crippen LogP contribution is 2.26. The number of rotatable bonds is 1. The third-order valence-electron chi connectivity index (χ3n) is 2.12. The van der Waals surface area contributed by atoms with Crippen molar-refractivity contribution in [2.45, 2.75) is 25.0 Å². The molecule has 0 bridgehead atoms. The monoisotopic (exact) mass is 172 g/mol. The second kappa shape index (κ2) is 2.88. The van der Waals surface area contributed by atoms with Gasteiger partial charge < -0.3 is 15.3 Å². The minimum absolute atomic E-state index is 0.111. The number of carboxylic acid groups (broad SMARTS) is 1. The first-order chi connectivity index (χ1) is 5.47. The van der Waals surface area contributed by atoms with Crippen LogP contribution in [0.4, 0.5) is 0 Å². The molecule has 0 unspecified atom stereocenters. The molecule has 0 saturated carbocycles. The van der Waals surface area contributed by atoms with Crippen LogP contribution < -0.4 is 0 Å². The van der Waals surface area contributed by atoms with Crippen molar-refractivity contribution < 1.29 is 20.1 Å². The molecular formula is C8H12O4. The smallest absolute Gasteiger partial charge is 0.342 e. The summed E-state index contributed by atoms with van der Waals surface area (Å²) in [7, 11) is 0. The van der Waals surface area contributed by atoms with Gasteiger partial charge in [-0.15, -0.1) is 0 Å². The van der Waals surface area contributed by atoms with Crippen molar-refractivity contribution in [3.63, 3.8) is 0 Å². The summed E-state index contributed by atoms with van der Waals surface area (Å²) in [5, 5.41) is 27.3. The molecule has 4 nitrogen and oxygen atoms in total. The number of carboxylic acids is 1. The lowest BCUT2D eigenvalue weighted by atomic mass is 9.83. The predicted molar refractivity (Wildman–Crippen MR) is 41.5 cm³/mol. The van der Waals surface area contributed by atoms with Gasteiger partial charge in [0.05, 0.1) is 6.10 Å². The molecule has 0 radical (unpaired) electrons. The minimum Gasteiger partial charge on any atom is -0.479 e. The van der Waals surface area contributed by atoms with Crippen LogP contribution in [-0.2, 0) is 4.79 Å². The first-order valence-electron chi connectivity index (χ1n) is 3.80. The maximum atomic E-state index is 10.5. The van der Waals surface area contributed by atoms with Gasteiger partial charge in [-0.25, -0.2) is 4.79 Å². The molecule has 3 N–H and O–H groups in total. The molecule has 1 aliphatic rings. The van der Waals surface area contributed by atoms with Crippen molar-refractivity contribution in [3.05, 3.63) is 12.2 Å². The fraction of sp³-hybridized carbons (Fsp3) is 0.625. The summed E-state index contributed by atoms with van der Waals surface area (Å²) in [5.74, 6) is -1.29. The highest BCUT2D eigenvalue weighted by atomic mass is 16.4. The molecule has 0 aliphatic heterocycles. The van der Waals surface area contributed by atoms with Crippen LogP contribution in [0.5, 0.6) is 0 Å². The zero-order chi connectivity index (χ0) is 9.35. The zero-order valence-electron chi connectivity index (χ0n) is 6.77. The van der Waals surface area contributed by atoms with Crippen LogP contribution in [0.3, 0.4) is 0 Å². The molecule has 4 heteroatoms. The molecule has 0 aromatic carbocycles. The molecule has 0 aromatic heterocycles. The van der Waals surface area contributed by atoms with E-state index in [4.69, 9.17) is 5.11 Å². The van der Waals surface area contributed by atoms with Gasteiger partial charge in [0, 0.05) is 0 Å². The third kappa shape index (κ3) is 1.35. The van der Waals surface area contributed by atoms with Gasteiger partial charge >= 0.3 is 5.97 Å². The van der Waals surface area contributed by atoms with Gasteiger partial charge in [-0.1, -0.05) is 13.0 Å². The molecule has 0 amide bonds. The van der Waals surface area contributed by atoms with Gasteiger partial charge in [-0.05, 0) is 18.4 Å². The van der Waals surface area contributed by atoms with E-state index < -0.39 is 17.7 Å². The Bertz CT molecular complexity index is 223. The van der Waals surface area contributed by atoms with E-state index >= 15 is 0 Å². The van der Waals surface area contributed by atoms with Crippen LogP contribution in [0.1, 0.15) is 13.3 Å². The summed E-state index contributed by atoms with van der Waals surface area (Å²) in [6.45, 7) is 1.85. The van der Waals surface area contributed by atoms with Crippen molar-refractivity contribution in [1.82, 2.24) is 0 Å². The summed E-state index contributed by atoms with van der Waals surface area (Å²) in [5.41, 5.74) is -2.09. The maximum absolute atomic E-state index is 10.5. The van der Waals surface area contributed by atoms with Gasteiger partial charge in [0.25, 0.3) is 0 Å². The second-order valence-electron chi connectivity index (χ2n) is 3.22. The van der Waals surface area contributed by atoms with E-state index in [1.165, 1.54) is 0 Å². The van der Waals surface area contributed by atoms with E-state index in [9.17, 15) is 15.0 Å². The topological polar surface area (TPSA) is 77.8 Å². The SMILES string of the molecule is C[C@@H]1C=C[C@@](O)(C(=O)O)[C@H](O)C1. The average molecular weight is 172 g/mol. The molecule has 0 saturated heterocycles. The van der Waals surface area contributed by atoms with Crippen LogP contribution >= 0.6 is 0 Å². The number of aliphatic hydroxyl groups excluding tert-OH is 1. The van der Waals surface area contributed by atoms with E-state index in [1.54, 1.807) is 6.08 Å². The minimum atomic E-state index is -2.09. The Morgan fingerprint density at radius 2 is 2.25 bits per heavy atom. The Kier molecular flexibility index (Phi) is 2.21. The van der Waals surface area contributed by atoms with Gasteiger partial charge in [-0.3, -0.25) is 0 Å².